The number of carbonyl (C=O) groups excluding carboxylic acids is 1. The molecule has 1 heterocycles. The summed E-state index contributed by atoms with van der Waals surface area (Å²) < 4.78 is 0. The summed E-state index contributed by atoms with van der Waals surface area (Å²) in [7, 11) is 2.06. The third kappa shape index (κ3) is 3.26. The molecular weight excluding hydrogens is 190 g/mol. The summed E-state index contributed by atoms with van der Waals surface area (Å²) in [6, 6.07) is -0.0342. The van der Waals surface area contributed by atoms with E-state index in [1.165, 1.54) is 0 Å². The van der Waals surface area contributed by atoms with E-state index in [0.717, 1.165) is 13.1 Å². The highest BCUT2D eigenvalue weighted by Crippen LogP contribution is 2.08. The number of nitrogens with zero attached hydrogens (tertiary/aromatic N) is 1. The van der Waals surface area contributed by atoms with Crippen LogP contribution in [-0.4, -0.2) is 43.2 Å². The van der Waals surface area contributed by atoms with Crippen molar-refractivity contribution in [3.8, 4) is 0 Å². The van der Waals surface area contributed by atoms with Crippen LogP contribution < -0.4 is 10.6 Å². The topological polar surface area (TPSA) is 44.4 Å². The Labute approximate surface area is 92.4 Å². The smallest absolute Gasteiger partial charge is 0.149 e. The molecular formula is C11H23N3O. The van der Waals surface area contributed by atoms with E-state index >= 15 is 0 Å². The molecule has 1 saturated heterocycles. The highest BCUT2D eigenvalue weighted by Gasteiger charge is 2.27. The van der Waals surface area contributed by atoms with Gasteiger partial charge in [-0.2, -0.15) is 0 Å². The zero-order valence-electron chi connectivity index (χ0n) is 10.2. The standard InChI is InChI=1S/C11H23N3O/c1-5-9(15)10(8(2)3)13-11-12-6-7-14(11)4/h8,10-13H,5-7H2,1-4H3/t10-,11?/m0/s1. The Balaban J connectivity index is 2.54. The van der Waals surface area contributed by atoms with Gasteiger partial charge in [-0.25, -0.2) is 0 Å². The molecule has 0 aromatic carbocycles. The minimum absolute atomic E-state index is 0.0342. The maximum atomic E-state index is 11.7. The molecule has 1 unspecified atom stereocenters. The number of likely N-dealkylation sites (N-methyl/N-ethyl adjacent to an activating group) is 1. The maximum Gasteiger partial charge on any atom is 0.149 e. The van der Waals surface area contributed by atoms with Crippen LogP contribution in [0.15, 0.2) is 0 Å². The molecule has 15 heavy (non-hydrogen) atoms. The van der Waals surface area contributed by atoms with Crippen molar-refractivity contribution in [1.29, 1.82) is 0 Å². The molecule has 0 saturated carbocycles. The fourth-order valence-corrected chi connectivity index (χ4v) is 1.90. The molecule has 1 aliphatic heterocycles. The third-order valence-corrected chi connectivity index (χ3v) is 2.94. The first-order valence-corrected chi connectivity index (χ1v) is 5.78. The Morgan fingerprint density at radius 1 is 1.60 bits per heavy atom. The number of hydrogen-bond donors (Lipinski definition) is 2. The van der Waals surface area contributed by atoms with Crippen LogP contribution in [0.5, 0.6) is 0 Å². The van der Waals surface area contributed by atoms with Crippen LogP contribution in [0.25, 0.3) is 0 Å². The molecule has 2 atom stereocenters. The summed E-state index contributed by atoms with van der Waals surface area (Å²) >= 11 is 0. The van der Waals surface area contributed by atoms with E-state index < -0.39 is 0 Å². The van der Waals surface area contributed by atoms with E-state index in [4.69, 9.17) is 0 Å². The predicted octanol–water partition coefficient (Wildman–Crippen LogP) is 0.398. The van der Waals surface area contributed by atoms with E-state index in [1.807, 2.05) is 6.92 Å². The van der Waals surface area contributed by atoms with Crippen LogP contribution in [0.3, 0.4) is 0 Å². The molecule has 0 aromatic heterocycles. The van der Waals surface area contributed by atoms with Crippen LogP contribution in [0.4, 0.5) is 0 Å². The Morgan fingerprint density at radius 3 is 2.67 bits per heavy atom. The second-order valence-corrected chi connectivity index (χ2v) is 4.55. The van der Waals surface area contributed by atoms with Gasteiger partial charge in [0.25, 0.3) is 0 Å². The monoisotopic (exact) mass is 213 g/mol. The Morgan fingerprint density at radius 2 is 2.27 bits per heavy atom. The van der Waals surface area contributed by atoms with Crippen LogP contribution in [0.1, 0.15) is 27.2 Å². The molecule has 1 rings (SSSR count). The summed E-state index contributed by atoms with van der Waals surface area (Å²) in [4.78, 5) is 13.9. The average molecular weight is 213 g/mol. The molecule has 4 heteroatoms. The zero-order chi connectivity index (χ0) is 11.4. The van der Waals surface area contributed by atoms with E-state index in [9.17, 15) is 4.79 Å². The summed E-state index contributed by atoms with van der Waals surface area (Å²) in [6.45, 7) is 8.10. The molecule has 1 fully saturated rings. The van der Waals surface area contributed by atoms with Crippen LogP contribution in [-0.2, 0) is 4.79 Å². The van der Waals surface area contributed by atoms with Crippen LogP contribution in [0.2, 0.25) is 0 Å². The SMILES string of the molecule is CCC(=O)[C@@H](NC1NCCN1C)C(C)C. The molecule has 2 N–H and O–H groups in total. The minimum Gasteiger partial charge on any atom is -0.298 e. The van der Waals surface area contributed by atoms with Gasteiger partial charge in [0.05, 0.1) is 6.04 Å². The minimum atomic E-state index is -0.0342. The lowest BCUT2D eigenvalue weighted by molar-refractivity contribution is -0.122. The molecule has 4 nitrogen and oxygen atoms in total. The first-order chi connectivity index (χ1) is 7.06. The van der Waals surface area contributed by atoms with E-state index in [2.05, 4.69) is 36.4 Å². The first kappa shape index (κ1) is 12.6. The van der Waals surface area contributed by atoms with Crippen molar-refractivity contribution in [3.63, 3.8) is 0 Å². The van der Waals surface area contributed by atoms with Gasteiger partial charge in [0.2, 0.25) is 0 Å². The summed E-state index contributed by atoms with van der Waals surface area (Å²) in [5.74, 6) is 0.639. The lowest BCUT2D eigenvalue weighted by Gasteiger charge is -2.28. The quantitative estimate of drug-likeness (QED) is 0.694. The second kappa shape index (κ2) is 5.58. The van der Waals surface area contributed by atoms with Crippen LogP contribution >= 0.6 is 0 Å². The molecule has 0 spiro atoms. The Kier molecular flexibility index (Phi) is 4.70. The number of rotatable bonds is 5. The van der Waals surface area contributed by atoms with Crippen molar-refractivity contribution in [2.45, 2.75) is 39.5 Å². The van der Waals surface area contributed by atoms with E-state index in [0.29, 0.717) is 18.1 Å². The lowest BCUT2D eigenvalue weighted by Crippen LogP contribution is -2.54. The highest BCUT2D eigenvalue weighted by molar-refractivity contribution is 5.83. The lowest BCUT2D eigenvalue weighted by atomic mass is 9.98. The maximum absolute atomic E-state index is 11.7. The summed E-state index contributed by atoms with van der Waals surface area (Å²) in [5, 5.41) is 6.71. The molecule has 0 radical (unpaired) electrons. The number of ketones is 1. The number of carbonyl (C=O) groups is 1. The van der Waals surface area contributed by atoms with Gasteiger partial charge < -0.3 is 0 Å². The number of nitrogens with one attached hydrogen (secondary N) is 2. The number of Topliss-reactive ketones (excluding diaryl/α,β-unsaturated/α-hetero) is 1. The van der Waals surface area contributed by atoms with Gasteiger partial charge in [0.15, 0.2) is 0 Å². The van der Waals surface area contributed by atoms with Gasteiger partial charge in [-0.15, -0.1) is 0 Å². The van der Waals surface area contributed by atoms with Gasteiger partial charge >= 0.3 is 0 Å². The number of hydrogen-bond acceptors (Lipinski definition) is 4. The normalized spacial score (nSPS) is 24.7. The van der Waals surface area contributed by atoms with Crippen molar-refractivity contribution in [2.24, 2.45) is 5.92 Å². The first-order valence-electron chi connectivity index (χ1n) is 5.78. The highest BCUT2D eigenvalue weighted by atomic mass is 16.1. The fourth-order valence-electron chi connectivity index (χ4n) is 1.90. The van der Waals surface area contributed by atoms with Gasteiger partial charge in [0, 0.05) is 19.5 Å². The van der Waals surface area contributed by atoms with Crippen molar-refractivity contribution >= 4 is 5.78 Å². The van der Waals surface area contributed by atoms with Crippen molar-refractivity contribution in [2.75, 3.05) is 20.1 Å². The van der Waals surface area contributed by atoms with Crippen molar-refractivity contribution in [1.82, 2.24) is 15.5 Å². The second-order valence-electron chi connectivity index (χ2n) is 4.55. The molecule has 88 valence electrons. The van der Waals surface area contributed by atoms with Gasteiger partial charge in [-0.05, 0) is 13.0 Å². The molecule has 0 aliphatic carbocycles. The third-order valence-electron chi connectivity index (χ3n) is 2.94. The summed E-state index contributed by atoms with van der Waals surface area (Å²) in [6.07, 6.45) is 0.750. The Hall–Kier alpha value is -0.450. The largest absolute Gasteiger partial charge is 0.298 e. The van der Waals surface area contributed by atoms with E-state index in [-0.39, 0.29) is 12.3 Å². The fraction of sp³-hybridized carbons (Fsp3) is 0.909. The molecule has 0 aromatic rings. The predicted molar refractivity (Wildman–Crippen MR) is 61.5 cm³/mol. The van der Waals surface area contributed by atoms with Crippen molar-refractivity contribution in [3.05, 3.63) is 0 Å². The van der Waals surface area contributed by atoms with Gasteiger partial charge in [-0.1, -0.05) is 20.8 Å². The molecule has 0 bridgehead atoms. The molecule has 0 amide bonds. The molecule has 1 aliphatic rings. The zero-order valence-corrected chi connectivity index (χ0v) is 10.2. The average Bonchev–Trinajstić information content (AvgIpc) is 2.59. The summed E-state index contributed by atoms with van der Waals surface area (Å²) in [5.41, 5.74) is 0. The van der Waals surface area contributed by atoms with Gasteiger partial charge in [-0.3, -0.25) is 20.3 Å². The van der Waals surface area contributed by atoms with Crippen LogP contribution in [0, 0.1) is 5.92 Å². The van der Waals surface area contributed by atoms with Gasteiger partial charge in [0.1, 0.15) is 12.1 Å². The Bertz CT molecular complexity index is 218. The van der Waals surface area contributed by atoms with E-state index in [1.54, 1.807) is 0 Å². The van der Waals surface area contributed by atoms with Crippen molar-refractivity contribution < 1.29 is 4.79 Å².